The van der Waals surface area contributed by atoms with E-state index in [1.807, 2.05) is 6.07 Å². The van der Waals surface area contributed by atoms with Gasteiger partial charge in [0.05, 0.1) is 10.9 Å². The first kappa shape index (κ1) is 13.0. The maximum atomic E-state index is 9.14. The van der Waals surface area contributed by atoms with Gasteiger partial charge in [-0.2, -0.15) is 0 Å². The average Bonchev–Trinajstić information content (AvgIpc) is 2.67. The van der Waals surface area contributed by atoms with Gasteiger partial charge in [-0.25, -0.2) is 0 Å². The molecule has 0 fully saturated rings. The van der Waals surface area contributed by atoms with E-state index in [2.05, 4.69) is 25.2 Å². The zero-order valence-corrected chi connectivity index (χ0v) is 10.7. The van der Waals surface area contributed by atoms with E-state index in [0.717, 1.165) is 17.2 Å². The standard InChI is InChI=1S/C11H18ClNOS/c1-3-8(7-14)13-9(4-2)10-5-6-11(12)15-10/h5-6,8-9,13-14H,3-4,7H2,1-2H3/t8-,9?/m1/s1. The van der Waals surface area contributed by atoms with Crippen LogP contribution in [-0.4, -0.2) is 17.8 Å². The van der Waals surface area contributed by atoms with Crippen molar-refractivity contribution in [3.8, 4) is 0 Å². The summed E-state index contributed by atoms with van der Waals surface area (Å²) in [4.78, 5) is 1.24. The van der Waals surface area contributed by atoms with Crippen LogP contribution in [0.5, 0.6) is 0 Å². The highest BCUT2D eigenvalue weighted by Crippen LogP contribution is 2.28. The van der Waals surface area contributed by atoms with E-state index in [4.69, 9.17) is 16.7 Å². The Balaban J connectivity index is 2.63. The monoisotopic (exact) mass is 247 g/mol. The number of halogens is 1. The summed E-state index contributed by atoms with van der Waals surface area (Å²) in [7, 11) is 0. The molecule has 2 nitrogen and oxygen atoms in total. The van der Waals surface area contributed by atoms with Gasteiger partial charge in [0.25, 0.3) is 0 Å². The number of nitrogens with one attached hydrogen (secondary N) is 1. The molecule has 1 heterocycles. The fourth-order valence-corrected chi connectivity index (χ4v) is 2.71. The molecule has 15 heavy (non-hydrogen) atoms. The predicted molar refractivity (Wildman–Crippen MR) is 66.7 cm³/mol. The fourth-order valence-electron chi connectivity index (χ4n) is 1.50. The van der Waals surface area contributed by atoms with E-state index < -0.39 is 0 Å². The first-order chi connectivity index (χ1) is 7.21. The summed E-state index contributed by atoms with van der Waals surface area (Å²) in [6.07, 6.45) is 1.94. The van der Waals surface area contributed by atoms with Gasteiger partial charge in [-0.05, 0) is 25.0 Å². The van der Waals surface area contributed by atoms with Crippen LogP contribution >= 0.6 is 22.9 Å². The summed E-state index contributed by atoms with van der Waals surface area (Å²) >= 11 is 7.51. The number of hydrogen-bond donors (Lipinski definition) is 2. The maximum Gasteiger partial charge on any atom is 0.0931 e. The molecule has 0 aliphatic carbocycles. The molecule has 86 valence electrons. The van der Waals surface area contributed by atoms with Gasteiger partial charge in [0.15, 0.2) is 0 Å². The number of aliphatic hydroxyl groups is 1. The van der Waals surface area contributed by atoms with Crippen LogP contribution in [0.2, 0.25) is 4.34 Å². The molecule has 1 unspecified atom stereocenters. The van der Waals surface area contributed by atoms with E-state index in [1.165, 1.54) is 4.88 Å². The van der Waals surface area contributed by atoms with Gasteiger partial charge < -0.3 is 10.4 Å². The van der Waals surface area contributed by atoms with Crippen LogP contribution in [0, 0.1) is 0 Å². The molecule has 4 heteroatoms. The molecule has 1 aromatic rings. The summed E-state index contributed by atoms with van der Waals surface area (Å²) in [6, 6.07) is 4.46. The fraction of sp³-hybridized carbons (Fsp3) is 0.636. The third-order valence-electron chi connectivity index (χ3n) is 2.50. The Labute approximate surface area is 100 Å². The molecule has 0 aliphatic rings. The lowest BCUT2D eigenvalue weighted by molar-refractivity contribution is 0.227. The maximum absolute atomic E-state index is 9.14. The van der Waals surface area contributed by atoms with Gasteiger partial charge >= 0.3 is 0 Å². The third kappa shape index (κ3) is 3.76. The van der Waals surface area contributed by atoms with Crippen LogP contribution in [0.25, 0.3) is 0 Å². The lowest BCUT2D eigenvalue weighted by Crippen LogP contribution is -2.34. The van der Waals surface area contributed by atoms with Crippen molar-refractivity contribution in [1.82, 2.24) is 5.32 Å². The largest absolute Gasteiger partial charge is 0.395 e. The van der Waals surface area contributed by atoms with Gasteiger partial charge in [0, 0.05) is 17.0 Å². The van der Waals surface area contributed by atoms with Crippen molar-refractivity contribution in [2.75, 3.05) is 6.61 Å². The van der Waals surface area contributed by atoms with Gasteiger partial charge in [0.2, 0.25) is 0 Å². The Bertz CT molecular complexity index is 286. The molecular formula is C11H18ClNOS. The molecule has 2 N–H and O–H groups in total. The summed E-state index contributed by atoms with van der Waals surface area (Å²) in [6.45, 7) is 4.39. The van der Waals surface area contributed by atoms with E-state index in [1.54, 1.807) is 11.3 Å². The number of aliphatic hydroxyl groups excluding tert-OH is 1. The average molecular weight is 248 g/mol. The zero-order chi connectivity index (χ0) is 11.3. The molecule has 0 spiro atoms. The normalized spacial score (nSPS) is 15.2. The van der Waals surface area contributed by atoms with E-state index in [-0.39, 0.29) is 12.6 Å². The molecular weight excluding hydrogens is 230 g/mol. The first-order valence-corrected chi connectivity index (χ1v) is 6.52. The summed E-state index contributed by atoms with van der Waals surface area (Å²) in [5.74, 6) is 0. The zero-order valence-electron chi connectivity index (χ0n) is 9.16. The predicted octanol–water partition coefficient (Wildman–Crippen LogP) is 3.21. The highest BCUT2D eigenvalue weighted by Gasteiger charge is 2.15. The Kier molecular flexibility index (Phi) is 5.61. The van der Waals surface area contributed by atoms with Crippen molar-refractivity contribution in [1.29, 1.82) is 0 Å². The van der Waals surface area contributed by atoms with Gasteiger partial charge in [-0.15, -0.1) is 11.3 Å². The molecule has 0 aliphatic heterocycles. The second kappa shape index (κ2) is 6.48. The van der Waals surface area contributed by atoms with Crippen LogP contribution in [0.15, 0.2) is 12.1 Å². The van der Waals surface area contributed by atoms with Crippen LogP contribution in [-0.2, 0) is 0 Å². The van der Waals surface area contributed by atoms with Gasteiger partial charge in [-0.3, -0.25) is 0 Å². The first-order valence-electron chi connectivity index (χ1n) is 5.33. The second-order valence-electron chi connectivity index (χ2n) is 3.56. The topological polar surface area (TPSA) is 32.3 Å². The van der Waals surface area contributed by atoms with Gasteiger partial charge in [0.1, 0.15) is 0 Å². The molecule has 1 rings (SSSR count). The molecule has 2 atom stereocenters. The molecule has 0 amide bonds. The summed E-state index contributed by atoms with van der Waals surface area (Å²) < 4.78 is 0.822. The highest BCUT2D eigenvalue weighted by atomic mass is 35.5. The Hall–Kier alpha value is -0.0900. The molecule has 0 radical (unpaired) electrons. The number of thiophene rings is 1. The molecule has 0 saturated heterocycles. The molecule has 1 aromatic heterocycles. The Morgan fingerprint density at radius 3 is 2.53 bits per heavy atom. The van der Waals surface area contributed by atoms with Crippen molar-refractivity contribution in [3.05, 3.63) is 21.3 Å². The Morgan fingerprint density at radius 1 is 1.40 bits per heavy atom. The van der Waals surface area contributed by atoms with Crippen LogP contribution in [0.1, 0.15) is 37.6 Å². The minimum absolute atomic E-state index is 0.177. The van der Waals surface area contributed by atoms with E-state index >= 15 is 0 Å². The SMILES string of the molecule is CCC(N[C@H](CC)CO)c1ccc(Cl)s1. The van der Waals surface area contributed by atoms with Crippen LogP contribution in [0.3, 0.4) is 0 Å². The van der Waals surface area contributed by atoms with Crippen molar-refractivity contribution < 1.29 is 5.11 Å². The van der Waals surface area contributed by atoms with Crippen molar-refractivity contribution in [2.45, 2.75) is 38.8 Å². The number of hydrogen-bond acceptors (Lipinski definition) is 3. The number of rotatable bonds is 6. The summed E-state index contributed by atoms with van der Waals surface area (Å²) in [5.41, 5.74) is 0. The van der Waals surface area contributed by atoms with E-state index in [0.29, 0.717) is 6.04 Å². The van der Waals surface area contributed by atoms with Crippen LogP contribution < -0.4 is 5.32 Å². The van der Waals surface area contributed by atoms with Crippen molar-refractivity contribution >= 4 is 22.9 Å². The third-order valence-corrected chi connectivity index (χ3v) is 3.84. The minimum Gasteiger partial charge on any atom is -0.395 e. The highest BCUT2D eigenvalue weighted by molar-refractivity contribution is 7.16. The van der Waals surface area contributed by atoms with Crippen LogP contribution in [0.4, 0.5) is 0 Å². The molecule has 0 aromatic carbocycles. The van der Waals surface area contributed by atoms with Crippen molar-refractivity contribution in [3.63, 3.8) is 0 Å². The molecule has 0 bridgehead atoms. The van der Waals surface area contributed by atoms with Crippen molar-refractivity contribution in [2.24, 2.45) is 0 Å². The second-order valence-corrected chi connectivity index (χ2v) is 5.30. The Morgan fingerprint density at radius 2 is 2.13 bits per heavy atom. The van der Waals surface area contributed by atoms with E-state index in [9.17, 15) is 0 Å². The summed E-state index contributed by atoms with van der Waals surface area (Å²) in [5, 5.41) is 12.6. The molecule has 0 saturated carbocycles. The lowest BCUT2D eigenvalue weighted by atomic mass is 10.1. The van der Waals surface area contributed by atoms with Gasteiger partial charge in [-0.1, -0.05) is 25.4 Å². The minimum atomic E-state index is 0.177. The smallest absolute Gasteiger partial charge is 0.0931 e. The lowest BCUT2D eigenvalue weighted by Gasteiger charge is -2.21. The quantitative estimate of drug-likeness (QED) is 0.809.